The molecule has 3 aliphatic heterocycles. The van der Waals surface area contributed by atoms with Gasteiger partial charge in [0.1, 0.15) is 45.5 Å². The van der Waals surface area contributed by atoms with Crippen molar-refractivity contribution in [3.63, 3.8) is 0 Å². The van der Waals surface area contributed by atoms with Gasteiger partial charge in [-0.3, -0.25) is 19.6 Å². The fourth-order valence-electron chi connectivity index (χ4n) is 9.30. The van der Waals surface area contributed by atoms with Gasteiger partial charge in [-0.05, 0) is 123 Å². The number of fused-ring (bicyclic) bond motifs is 8. The van der Waals surface area contributed by atoms with E-state index in [4.69, 9.17) is 9.47 Å². The van der Waals surface area contributed by atoms with Crippen LogP contribution < -0.4 is 20.1 Å². The molecule has 0 spiro atoms. The van der Waals surface area contributed by atoms with Crippen LogP contribution >= 0.6 is 22.7 Å². The average Bonchev–Trinajstić information content (AvgIpc) is 4.14. The number of benzene rings is 2. The molecule has 2 atom stereocenters. The number of carboxylic acid groups (broad SMARTS) is 1. The number of aromatic nitrogens is 4. The van der Waals surface area contributed by atoms with Crippen LogP contribution in [0.1, 0.15) is 82.7 Å². The highest BCUT2D eigenvalue weighted by molar-refractivity contribution is 7.19. The van der Waals surface area contributed by atoms with Crippen molar-refractivity contribution >= 4 is 90.4 Å². The summed E-state index contributed by atoms with van der Waals surface area (Å²) in [4.78, 5) is 57.6. The summed E-state index contributed by atoms with van der Waals surface area (Å²) in [5, 5.41) is 18.5. The summed E-state index contributed by atoms with van der Waals surface area (Å²) >= 11 is 3.28. The second-order valence-electron chi connectivity index (χ2n) is 16.2. The number of hydrogen-bond donors (Lipinski definition) is 3. The van der Waals surface area contributed by atoms with Gasteiger partial charge in [-0.25, -0.2) is 19.9 Å². The molecule has 1 fully saturated rings. The highest BCUT2D eigenvalue weighted by Gasteiger charge is 2.33. The van der Waals surface area contributed by atoms with Crippen molar-refractivity contribution in [1.29, 1.82) is 0 Å². The van der Waals surface area contributed by atoms with E-state index in [1.807, 2.05) is 38.4 Å². The van der Waals surface area contributed by atoms with Crippen LogP contribution in [0.2, 0.25) is 0 Å². The minimum atomic E-state index is -0.723. The first-order valence-electron chi connectivity index (χ1n) is 21.5. The lowest BCUT2D eigenvalue weighted by Gasteiger charge is -2.26. The van der Waals surface area contributed by atoms with E-state index in [2.05, 4.69) is 57.6 Å². The molecule has 318 valence electrons. The van der Waals surface area contributed by atoms with Crippen LogP contribution in [0.15, 0.2) is 46.9 Å². The number of carboxylic acids is 1. The third-order valence-electron chi connectivity index (χ3n) is 12.4. The first-order valence-corrected chi connectivity index (χ1v) is 23.1. The molecule has 0 radical (unpaired) electrons. The molecule has 16 heteroatoms. The third kappa shape index (κ3) is 7.63. The molecule has 7 heterocycles. The van der Waals surface area contributed by atoms with Crippen LogP contribution in [0.4, 0.5) is 23.0 Å². The molecule has 1 saturated heterocycles. The number of anilines is 4. The van der Waals surface area contributed by atoms with Crippen LogP contribution in [-0.2, 0) is 48.4 Å². The maximum Gasteiger partial charge on any atom is 0.306 e. The third-order valence-corrected chi connectivity index (χ3v) is 14.7. The lowest BCUT2D eigenvalue weighted by atomic mass is 9.87. The number of amides is 1. The molecule has 11 rings (SSSR count). The van der Waals surface area contributed by atoms with Gasteiger partial charge in [0.15, 0.2) is 0 Å². The van der Waals surface area contributed by atoms with Crippen molar-refractivity contribution in [1.82, 2.24) is 24.8 Å². The van der Waals surface area contributed by atoms with Crippen molar-refractivity contribution in [2.24, 2.45) is 21.8 Å². The summed E-state index contributed by atoms with van der Waals surface area (Å²) in [6, 6.07) is 8.25. The van der Waals surface area contributed by atoms with Gasteiger partial charge in [0.25, 0.3) is 0 Å². The molecular weight excluding hydrogens is 823 g/mol. The maximum absolute atomic E-state index is 13.0. The minimum absolute atomic E-state index is 0.0913. The number of thiophene rings is 2. The number of nitrogens with one attached hydrogen (secondary N) is 2. The summed E-state index contributed by atoms with van der Waals surface area (Å²) in [6.07, 6.45) is 13.7. The van der Waals surface area contributed by atoms with Gasteiger partial charge >= 0.3 is 5.97 Å². The molecule has 0 bridgehead atoms. The average molecular weight is 870 g/mol. The van der Waals surface area contributed by atoms with E-state index in [1.165, 1.54) is 21.6 Å². The normalized spacial score (nSPS) is 18.2. The molecule has 0 saturated carbocycles. The SMILES string of the molecule is CCOc1cc2c(cc1Nc1ncnc3sc4c(c13)CCC(C(=O)N1CCCC1)C4)C=NC2.CCOc1cc2c(cc1Nc1ncnc3sc4c(c13)CCC(C(=O)O)C4)C=NC2. The Morgan fingerprint density at radius 2 is 1.23 bits per heavy atom. The Morgan fingerprint density at radius 3 is 1.73 bits per heavy atom. The lowest BCUT2D eigenvalue weighted by Crippen LogP contribution is -2.36. The summed E-state index contributed by atoms with van der Waals surface area (Å²) < 4.78 is 11.8. The molecule has 6 aromatic rings. The highest BCUT2D eigenvalue weighted by Crippen LogP contribution is 2.44. The molecule has 4 aromatic heterocycles. The van der Waals surface area contributed by atoms with E-state index < -0.39 is 5.97 Å². The van der Waals surface area contributed by atoms with Crippen molar-refractivity contribution in [2.45, 2.75) is 78.3 Å². The zero-order valence-electron chi connectivity index (χ0n) is 34.7. The van der Waals surface area contributed by atoms with Crippen LogP contribution in [-0.4, -0.2) is 80.6 Å². The Labute approximate surface area is 366 Å². The molecule has 5 aliphatic rings. The van der Waals surface area contributed by atoms with Crippen molar-refractivity contribution in [3.8, 4) is 11.5 Å². The summed E-state index contributed by atoms with van der Waals surface area (Å²) in [5.41, 5.74) is 8.73. The fraction of sp³-hybridized carbons (Fsp3) is 0.391. The number of carbonyl (C=O) groups is 2. The van der Waals surface area contributed by atoms with Crippen molar-refractivity contribution in [3.05, 3.63) is 80.1 Å². The van der Waals surface area contributed by atoms with Gasteiger partial charge in [-0.15, -0.1) is 22.7 Å². The monoisotopic (exact) mass is 869 g/mol. The molecule has 1 amide bonds. The largest absolute Gasteiger partial charge is 0.492 e. The first-order chi connectivity index (χ1) is 30.3. The second kappa shape index (κ2) is 17.0. The number of carbonyl (C=O) groups excluding carboxylic acids is 1. The number of nitrogens with zero attached hydrogens (tertiary/aromatic N) is 7. The number of rotatable bonds is 10. The molecule has 2 unspecified atom stereocenters. The summed E-state index contributed by atoms with van der Waals surface area (Å²) in [7, 11) is 0. The van der Waals surface area contributed by atoms with Gasteiger partial charge in [0, 0.05) is 41.2 Å². The quantitative estimate of drug-likeness (QED) is 0.120. The van der Waals surface area contributed by atoms with Crippen molar-refractivity contribution in [2.75, 3.05) is 36.9 Å². The van der Waals surface area contributed by atoms with E-state index in [-0.39, 0.29) is 11.8 Å². The standard InChI is InChI=1S/C25H27N5O2S.C21H20N4O3S/c1-2-32-20-10-17-13-26-12-16(17)9-19(20)29-23-22-18-6-5-15(25(31)30-7-3-4-8-30)11-21(18)33-24(22)28-14-27-23;1-2-28-16-6-13-9-22-8-12(13)5-15(16)25-19-18-14-4-3-11(21(26)27)7-17(14)29-20(18)24-10-23-19/h9-10,12,14-15H,2-8,11,13H2,1H3,(H,27,28,29);5-6,8,10-11H,2-4,7,9H2,1H3,(H,26,27)(H,23,24,25). The number of likely N-dealkylation sites (tertiary alicyclic amines) is 1. The van der Waals surface area contributed by atoms with Crippen molar-refractivity contribution < 1.29 is 24.2 Å². The van der Waals surface area contributed by atoms with Gasteiger partial charge in [0.05, 0.1) is 54.4 Å². The molecule has 2 aliphatic carbocycles. The number of hydrogen-bond acceptors (Lipinski definition) is 14. The second-order valence-corrected chi connectivity index (χ2v) is 18.4. The number of aryl methyl sites for hydroxylation is 2. The van der Waals surface area contributed by atoms with Crippen LogP contribution in [0.3, 0.4) is 0 Å². The van der Waals surface area contributed by atoms with E-state index in [1.54, 1.807) is 35.3 Å². The van der Waals surface area contributed by atoms with Gasteiger partial charge in [-0.1, -0.05) is 0 Å². The van der Waals surface area contributed by atoms with Crippen LogP contribution in [0.25, 0.3) is 20.4 Å². The maximum atomic E-state index is 13.0. The Kier molecular flexibility index (Phi) is 11.0. The zero-order valence-corrected chi connectivity index (χ0v) is 36.3. The van der Waals surface area contributed by atoms with Gasteiger partial charge < -0.3 is 30.1 Å². The molecule has 2 aromatic carbocycles. The summed E-state index contributed by atoms with van der Waals surface area (Å²) in [6.45, 7) is 8.32. The van der Waals surface area contributed by atoms with Crippen LogP contribution in [0, 0.1) is 11.8 Å². The predicted octanol–water partition coefficient (Wildman–Crippen LogP) is 8.45. The Bertz CT molecular complexity index is 2790. The number of aliphatic carboxylic acids is 1. The lowest BCUT2D eigenvalue weighted by molar-refractivity contribution is -0.142. The first kappa shape index (κ1) is 40.1. The fourth-order valence-corrected chi connectivity index (χ4v) is 11.8. The van der Waals surface area contributed by atoms with Gasteiger partial charge in [-0.2, -0.15) is 0 Å². The Hall–Kier alpha value is -6.00. The Morgan fingerprint density at radius 1 is 0.726 bits per heavy atom. The number of ether oxygens (including phenoxy) is 2. The smallest absolute Gasteiger partial charge is 0.306 e. The topological polar surface area (TPSA) is 176 Å². The highest BCUT2D eigenvalue weighted by atomic mass is 32.1. The summed E-state index contributed by atoms with van der Waals surface area (Å²) in [5.74, 6) is 2.51. The predicted molar refractivity (Wildman–Crippen MR) is 244 cm³/mol. The zero-order chi connectivity index (χ0) is 42.3. The minimum Gasteiger partial charge on any atom is -0.492 e. The number of aliphatic imine (C=N–C) groups is 2. The Balaban J connectivity index is 0.000000149. The molecule has 3 N–H and O–H groups in total. The van der Waals surface area contributed by atoms with Crippen LogP contribution in [0.5, 0.6) is 11.5 Å². The van der Waals surface area contributed by atoms with E-state index in [9.17, 15) is 14.7 Å². The van der Waals surface area contributed by atoms with Gasteiger partial charge in [0.2, 0.25) is 5.91 Å². The van der Waals surface area contributed by atoms with E-state index in [0.717, 1.165) is 128 Å². The molecule has 14 nitrogen and oxygen atoms in total. The molecular formula is C46H47N9O5S2. The molecule has 62 heavy (non-hydrogen) atoms. The van der Waals surface area contributed by atoms with E-state index >= 15 is 0 Å². The van der Waals surface area contributed by atoms with E-state index in [0.29, 0.717) is 45.1 Å².